The molecule has 0 aliphatic rings. The maximum Gasteiger partial charge on any atom is 1.00 e. The molecule has 0 atom stereocenters. The van der Waals surface area contributed by atoms with E-state index in [1.54, 1.807) is 24.3 Å². The number of hydrogen-bond donors (Lipinski definition) is 6. The first-order valence-corrected chi connectivity index (χ1v) is 18.5. The van der Waals surface area contributed by atoms with Crippen molar-refractivity contribution in [2.24, 2.45) is 40.9 Å². The van der Waals surface area contributed by atoms with E-state index in [2.05, 4.69) is 40.9 Å². The van der Waals surface area contributed by atoms with Crippen molar-refractivity contribution in [2.45, 2.75) is 9.79 Å². The standard InChI is InChI=1S/C34H29N13O7S2.2Na/c35-18-1-11-26(24(37)15-18)44-40-20-3-7-22(8-4-20)42-46-32-28(55(49,50)51)13-17-14-29(56(52,53)54)33(34(48)30(17)31(32)39)47-43-23-9-5-21(6-10-23)41-45-27-12-2-19(36)16-25(27)38;;/h1-16,48H,35-39H2,(H,49,50,51)(H,52,53,54);;/q;2*+1/p-2. The predicted molar refractivity (Wildman–Crippen MR) is 206 cm³/mol. The van der Waals surface area contributed by atoms with E-state index in [1.165, 1.54) is 60.7 Å². The molecule has 20 nitrogen and oxygen atoms in total. The van der Waals surface area contributed by atoms with Crippen molar-refractivity contribution in [1.82, 2.24) is 0 Å². The molecule has 284 valence electrons. The molecule has 0 saturated carbocycles. The zero-order valence-corrected chi connectivity index (χ0v) is 36.0. The number of rotatable bonds is 10. The van der Waals surface area contributed by atoms with E-state index in [0.29, 0.717) is 51.6 Å². The van der Waals surface area contributed by atoms with E-state index >= 15 is 0 Å². The van der Waals surface area contributed by atoms with Gasteiger partial charge in [-0.15, -0.1) is 20.5 Å². The van der Waals surface area contributed by atoms with Crippen molar-refractivity contribution in [2.75, 3.05) is 28.7 Å². The number of nitrogens with zero attached hydrogens (tertiary/aromatic N) is 8. The second-order valence-corrected chi connectivity index (χ2v) is 14.4. The van der Waals surface area contributed by atoms with Crippen LogP contribution in [0.4, 0.5) is 73.9 Å². The average molecular weight is 840 g/mol. The largest absolute Gasteiger partial charge is 1.00 e. The summed E-state index contributed by atoms with van der Waals surface area (Å²) in [6.07, 6.45) is 0. The molecule has 6 aromatic carbocycles. The van der Waals surface area contributed by atoms with E-state index in [9.17, 15) is 31.0 Å². The Hall–Kier alpha value is -5.40. The minimum absolute atomic E-state index is 0. The van der Waals surface area contributed by atoms with E-state index in [0.717, 1.165) is 6.07 Å². The van der Waals surface area contributed by atoms with Crippen LogP contribution in [0.2, 0.25) is 0 Å². The topological polar surface area (TPSA) is 364 Å². The van der Waals surface area contributed by atoms with Gasteiger partial charge >= 0.3 is 59.1 Å². The maximum absolute atomic E-state index is 13.8. The number of nitrogens with two attached hydrogens (primary N) is 5. The summed E-state index contributed by atoms with van der Waals surface area (Å²) in [6, 6.07) is 22.6. The fourth-order valence-corrected chi connectivity index (χ4v) is 6.33. The van der Waals surface area contributed by atoms with Gasteiger partial charge in [-0.3, -0.25) is 4.55 Å². The Labute approximate surface area is 374 Å². The van der Waals surface area contributed by atoms with Crippen LogP contribution in [0.25, 0.3) is 10.8 Å². The second kappa shape index (κ2) is 18.5. The molecule has 6 aromatic rings. The summed E-state index contributed by atoms with van der Waals surface area (Å²) in [5, 5.41) is 44.7. The van der Waals surface area contributed by atoms with Crippen LogP contribution in [0.3, 0.4) is 0 Å². The van der Waals surface area contributed by atoms with Gasteiger partial charge in [0, 0.05) is 16.8 Å². The van der Waals surface area contributed by atoms with Crippen molar-refractivity contribution < 1.29 is 90.2 Å². The molecule has 24 heteroatoms. The summed E-state index contributed by atoms with van der Waals surface area (Å²) in [6.45, 7) is 0. The molecule has 0 saturated heterocycles. The minimum Gasteiger partial charge on any atom is -0.870 e. The Bertz CT molecular complexity index is 2690. The van der Waals surface area contributed by atoms with Crippen LogP contribution in [0.1, 0.15) is 0 Å². The van der Waals surface area contributed by atoms with Crippen LogP contribution in [0, 0.1) is 0 Å². The Kier molecular flexibility index (Phi) is 14.4. The molecule has 0 fully saturated rings. The van der Waals surface area contributed by atoms with Gasteiger partial charge in [-0.1, -0.05) is 5.75 Å². The molecule has 0 aromatic heterocycles. The number of benzene rings is 6. The fraction of sp³-hybridized carbons (Fsp3) is 0. The van der Waals surface area contributed by atoms with Gasteiger partial charge < -0.3 is 38.3 Å². The molecule has 0 heterocycles. The van der Waals surface area contributed by atoms with Crippen LogP contribution in [0.5, 0.6) is 5.75 Å². The SMILES string of the molecule is Nc1ccc(N=Nc2ccc(N=Nc3c(S(=O)(=O)[O-])cc4cc(S(=O)(=O)O)c(N=Nc5ccc(N=Nc6ccc(N)cc6N)cc5)c([O-])c4c3N)cc2)c(N)c1.[Na+].[Na+]. The first-order chi connectivity index (χ1) is 26.5. The summed E-state index contributed by atoms with van der Waals surface area (Å²) in [5.74, 6) is -1.19. The molecule has 0 spiro atoms. The molecule has 0 bridgehead atoms. The molecule has 0 aliphatic heterocycles. The number of nitrogen functional groups attached to an aromatic ring is 5. The maximum atomic E-state index is 13.8. The fourth-order valence-electron chi connectivity index (χ4n) is 5.02. The zero-order valence-electron chi connectivity index (χ0n) is 30.4. The number of fused-ring (bicyclic) bond motifs is 1. The van der Waals surface area contributed by atoms with Crippen molar-refractivity contribution >= 4 is 105 Å². The van der Waals surface area contributed by atoms with Gasteiger partial charge in [0.05, 0.1) is 50.4 Å². The number of azo groups is 4. The van der Waals surface area contributed by atoms with Crippen molar-refractivity contribution in [1.29, 1.82) is 0 Å². The summed E-state index contributed by atoms with van der Waals surface area (Å²) in [7, 11) is -10.5. The first-order valence-electron chi connectivity index (χ1n) is 15.7. The number of anilines is 5. The van der Waals surface area contributed by atoms with Gasteiger partial charge in [0.25, 0.3) is 10.1 Å². The molecule has 0 aliphatic carbocycles. The Morgan fingerprint density at radius 1 is 0.500 bits per heavy atom. The molecule has 11 N–H and O–H groups in total. The zero-order chi connectivity index (χ0) is 40.4. The molecular formula is C34H27N13Na2O7S2. The van der Waals surface area contributed by atoms with Gasteiger partial charge in [0.2, 0.25) is 0 Å². The molecule has 0 amide bonds. The quantitative estimate of drug-likeness (QED) is 0.0496. The van der Waals surface area contributed by atoms with Gasteiger partial charge in [-0.2, -0.15) is 28.9 Å². The predicted octanol–water partition coefficient (Wildman–Crippen LogP) is 1.64. The average Bonchev–Trinajstić information content (AvgIpc) is 3.13. The first kappa shape index (κ1) is 45.3. The van der Waals surface area contributed by atoms with E-state index in [4.69, 9.17) is 28.7 Å². The monoisotopic (exact) mass is 839 g/mol. The van der Waals surface area contributed by atoms with Crippen LogP contribution in [-0.4, -0.2) is 25.9 Å². The van der Waals surface area contributed by atoms with Crippen molar-refractivity contribution in [3.63, 3.8) is 0 Å². The van der Waals surface area contributed by atoms with E-state index < -0.39 is 63.6 Å². The Morgan fingerprint density at radius 3 is 1.26 bits per heavy atom. The molecular weight excluding hydrogens is 813 g/mol. The Balaban J connectivity index is 0.00000372. The molecule has 0 radical (unpaired) electrons. The molecule has 0 unspecified atom stereocenters. The van der Waals surface area contributed by atoms with Gasteiger partial charge in [-0.05, 0) is 102 Å². The van der Waals surface area contributed by atoms with Crippen LogP contribution < -0.4 is 92.9 Å². The third-order valence-corrected chi connectivity index (χ3v) is 9.44. The van der Waals surface area contributed by atoms with Crippen LogP contribution in [0.15, 0.2) is 148 Å². The van der Waals surface area contributed by atoms with Crippen LogP contribution in [-0.2, 0) is 20.2 Å². The second-order valence-electron chi connectivity index (χ2n) is 11.7. The summed E-state index contributed by atoms with van der Waals surface area (Å²) in [4.78, 5) is -2.06. The Morgan fingerprint density at radius 2 is 0.879 bits per heavy atom. The van der Waals surface area contributed by atoms with Gasteiger partial charge in [0.15, 0.2) is 0 Å². The molecule has 58 heavy (non-hydrogen) atoms. The molecule has 6 rings (SSSR count). The van der Waals surface area contributed by atoms with Crippen LogP contribution >= 0.6 is 0 Å². The summed E-state index contributed by atoms with van der Waals surface area (Å²) >= 11 is 0. The van der Waals surface area contributed by atoms with Gasteiger partial charge in [0.1, 0.15) is 32.1 Å². The minimum atomic E-state index is -5.35. The smallest absolute Gasteiger partial charge is 0.870 e. The third-order valence-electron chi connectivity index (χ3n) is 7.72. The summed E-state index contributed by atoms with van der Waals surface area (Å²) < 4.78 is 71.8. The van der Waals surface area contributed by atoms with E-state index in [-0.39, 0.29) is 70.5 Å². The van der Waals surface area contributed by atoms with Gasteiger partial charge in [-0.25, -0.2) is 8.42 Å². The number of hydrogen-bond acceptors (Lipinski definition) is 19. The van der Waals surface area contributed by atoms with E-state index in [1.807, 2.05) is 0 Å². The van der Waals surface area contributed by atoms with Crippen molar-refractivity contribution in [3.05, 3.63) is 97.1 Å². The third kappa shape index (κ3) is 10.6. The normalized spacial score (nSPS) is 12.1. The summed E-state index contributed by atoms with van der Waals surface area (Å²) in [5.41, 5.74) is 30.5. The van der Waals surface area contributed by atoms with Crippen molar-refractivity contribution in [3.8, 4) is 5.75 Å².